The van der Waals surface area contributed by atoms with E-state index in [1.54, 1.807) is 18.2 Å². The van der Waals surface area contributed by atoms with Gasteiger partial charge in [0.25, 0.3) is 5.91 Å². The predicted molar refractivity (Wildman–Crippen MR) is 93.2 cm³/mol. The van der Waals surface area contributed by atoms with Crippen molar-refractivity contribution >= 4 is 51.4 Å². The van der Waals surface area contributed by atoms with Crippen LogP contribution in [0.1, 0.15) is 18.1 Å². The second-order valence-corrected chi connectivity index (χ2v) is 6.30. The second-order valence-electron chi connectivity index (χ2n) is 5.06. The van der Waals surface area contributed by atoms with Crippen LogP contribution in [0.4, 0.5) is 10.1 Å². The van der Waals surface area contributed by atoms with Gasteiger partial charge in [0.2, 0.25) is 5.91 Å². The Labute approximate surface area is 145 Å². The number of rotatable bonds is 1. The summed E-state index contributed by atoms with van der Waals surface area (Å²) in [7, 11) is 0. The summed E-state index contributed by atoms with van der Waals surface area (Å²) < 4.78 is 14.4. The van der Waals surface area contributed by atoms with Crippen molar-refractivity contribution in [2.24, 2.45) is 0 Å². The number of aliphatic hydroxyl groups excluding tert-OH is 1. The topological polar surface area (TPSA) is 57.6 Å². The number of amides is 2. The van der Waals surface area contributed by atoms with Crippen LogP contribution < -0.4 is 4.90 Å². The minimum Gasteiger partial charge on any atom is -0.506 e. The van der Waals surface area contributed by atoms with Crippen molar-refractivity contribution in [1.82, 2.24) is 0 Å². The summed E-state index contributed by atoms with van der Waals surface area (Å²) in [5, 5.41) is 10.6. The van der Waals surface area contributed by atoms with Crippen LogP contribution in [0.3, 0.4) is 0 Å². The standard InChI is InChI=1S/C17H11FINO3/c1-9(21)20-14-8-11(18)5-6-13(14)15(17(20)23)16(22)10-3-2-4-12(19)7-10/h2-8,22H,1H3. The normalized spacial score (nSPS) is 15.6. The van der Waals surface area contributed by atoms with Crippen molar-refractivity contribution in [3.05, 3.63) is 63.0 Å². The second kappa shape index (κ2) is 5.77. The molecule has 2 amide bonds. The molecule has 1 heterocycles. The van der Waals surface area contributed by atoms with E-state index < -0.39 is 17.6 Å². The highest BCUT2D eigenvalue weighted by Crippen LogP contribution is 2.40. The maximum atomic E-state index is 13.5. The van der Waals surface area contributed by atoms with Crippen LogP contribution in [-0.4, -0.2) is 16.9 Å². The number of carbonyl (C=O) groups excluding carboxylic acids is 2. The molecule has 0 bridgehead atoms. The van der Waals surface area contributed by atoms with Gasteiger partial charge in [-0.25, -0.2) is 9.29 Å². The van der Waals surface area contributed by atoms with Gasteiger partial charge in [0.15, 0.2) is 0 Å². The van der Waals surface area contributed by atoms with E-state index in [1.165, 1.54) is 19.1 Å². The van der Waals surface area contributed by atoms with Gasteiger partial charge in [0.05, 0.1) is 11.3 Å². The van der Waals surface area contributed by atoms with Gasteiger partial charge in [-0.3, -0.25) is 9.59 Å². The summed E-state index contributed by atoms with van der Waals surface area (Å²) in [5.41, 5.74) is 0.941. The predicted octanol–water partition coefficient (Wildman–Crippen LogP) is 3.75. The molecule has 1 aliphatic heterocycles. The highest BCUT2D eigenvalue weighted by atomic mass is 127. The Balaban J connectivity index is 2.27. The van der Waals surface area contributed by atoms with Crippen molar-refractivity contribution < 1.29 is 19.1 Å². The van der Waals surface area contributed by atoms with Crippen molar-refractivity contribution in [2.75, 3.05) is 4.90 Å². The van der Waals surface area contributed by atoms with Crippen molar-refractivity contribution in [3.63, 3.8) is 0 Å². The van der Waals surface area contributed by atoms with Gasteiger partial charge in [0.1, 0.15) is 11.6 Å². The zero-order valence-corrected chi connectivity index (χ0v) is 14.2. The molecule has 4 nitrogen and oxygen atoms in total. The number of anilines is 1. The molecule has 0 radical (unpaired) electrons. The van der Waals surface area contributed by atoms with E-state index in [0.717, 1.165) is 14.5 Å². The number of hydrogen-bond donors (Lipinski definition) is 1. The van der Waals surface area contributed by atoms with Crippen LogP contribution in [0.5, 0.6) is 0 Å². The largest absolute Gasteiger partial charge is 0.506 e. The molecule has 116 valence electrons. The van der Waals surface area contributed by atoms with Crippen molar-refractivity contribution in [2.45, 2.75) is 6.92 Å². The fourth-order valence-corrected chi connectivity index (χ4v) is 3.10. The molecule has 2 aromatic rings. The molecule has 0 fully saturated rings. The summed E-state index contributed by atoms with van der Waals surface area (Å²) in [4.78, 5) is 25.2. The Hall–Kier alpha value is -2.22. The zero-order chi connectivity index (χ0) is 16.7. The van der Waals surface area contributed by atoms with E-state index >= 15 is 0 Å². The molecule has 0 saturated carbocycles. The Morgan fingerprint density at radius 1 is 1.22 bits per heavy atom. The van der Waals surface area contributed by atoms with Crippen LogP contribution in [0.15, 0.2) is 42.5 Å². The first-order valence-corrected chi connectivity index (χ1v) is 7.82. The number of imide groups is 1. The summed E-state index contributed by atoms with van der Waals surface area (Å²) in [6.45, 7) is 1.22. The van der Waals surface area contributed by atoms with Gasteiger partial charge >= 0.3 is 0 Å². The molecule has 0 aliphatic carbocycles. The smallest absolute Gasteiger partial charge is 0.269 e. The van der Waals surface area contributed by atoms with Crippen LogP contribution in [0, 0.1) is 9.39 Å². The first-order chi connectivity index (χ1) is 10.9. The van der Waals surface area contributed by atoms with Gasteiger partial charge in [-0.2, -0.15) is 0 Å². The first kappa shape index (κ1) is 15.7. The molecule has 0 unspecified atom stereocenters. The average molecular weight is 423 g/mol. The summed E-state index contributed by atoms with van der Waals surface area (Å²) in [6.07, 6.45) is 0. The number of fused-ring (bicyclic) bond motifs is 1. The number of benzene rings is 2. The molecule has 6 heteroatoms. The fraction of sp³-hybridized carbons (Fsp3) is 0.0588. The lowest BCUT2D eigenvalue weighted by atomic mass is 10.0. The average Bonchev–Trinajstić information content (AvgIpc) is 2.77. The van der Waals surface area contributed by atoms with Crippen LogP contribution in [0.2, 0.25) is 0 Å². The number of hydrogen-bond acceptors (Lipinski definition) is 3. The molecule has 1 aliphatic rings. The van der Waals surface area contributed by atoms with E-state index in [-0.39, 0.29) is 17.0 Å². The molecule has 0 saturated heterocycles. The summed E-state index contributed by atoms with van der Waals surface area (Å²) in [5.74, 6) is -1.98. The van der Waals surface area contributed by atoms with E-state index in [9.17, 15) is 19.1 Å². The number of carbonyl (C=O) groups is 2. The molecule has 2 aromatic carbocycles. The maximum Gasteiger partial charge on any atom is 0.269 e. The Bertz CT molecular complexity index is 876. The third-order valence-corrected chi connectivity index (χ3v) is 4.21. The van der Waals surface area contributed by atoms with Gasteiger partial charge in [-0.15, -0.1) is 0 Å². The highest BCUT2D eigenvalue weighted by molar-refractivity contribution is 14.1. The van der Waals surface area contributed by atoms with Crippen LogP contribution in [-0.2, 0) is 9.59 Å². The highest BCUT2D eigenvalue weighted by Gasteiger charge is 2.38. The van der Waals surface area contributed by atoms with Gasteiger partial charge < -0.3 is 5.11 Å². The minimum atomic E-state index is -0.658. The fourth-order valence-electron chi connectivity index (χ4n) is 2.56. The SMILES string of the molecule is CC(=O)N1C(=O)C(=C(O)c2cccc(I)c2)c2ccc(F)cc21. The number of halogens is 2. The third kappa shape index (κ3) is 2.63. The van der Waals surface area contributed by atoms with E-state index in [1.807, 2.05) is 6.07 Å². The molecular weight excluding hydrogens is 412 g/mol. The minimum absolute atomic E-state index is 0.00259. The van der Waals surface area contributed by atoms with E-state index in [4.69, 9.17) is 0 Å². The Kier molecular flexibility index (Phi) is 3.93. The molecular formula is C17H11FINO3. The monoisotopic (exact) mass is 423 g/mol. The van der Waals surface area contributed by atoms with Gasteiger partial charge in [-0.1, -0.05) is 12.1 Å². The molecule has 3 rings (SSSR count). The Morgan fingerprint density at radius 2 is 1.96 bits per heavy atom. The van der Waals surface area contributed by atoms with Crippen molar-refractivity contribution in [3.8, 4) is 0 Å². The quantitative estimate of drug-likeness (QED) is 0.432. The number of nitrogens with zero attached hydrogens (tertiary/aromatic N) is 1. The van der Waals surface area contributed by atoms with Gasteiger partial charge in [0, 0.05) is 21.6 Å². The van der Waals surface area contributed by atoms with Crippen LogP contribution in [0.25, 0.3) is 11.3 Å². The Morgan fingerprint density at radius 3 is 2.61 bits per heavy atom. The zero-order valence-electron chi connectivity index (χ0n) is 12.0. The van der Waals surface area contributed by atoms with E-state index in [2.05, 4.69) is 22.6 Å². The lowest BCUT2D eigenvalue weighted by molar-refractivity contribution is -0.122. The summed E-state index contributed by atoms with van der Waals surface area (Å²) >= 11 is 2.09. The molecule has 23 heavy (non-hydrogen) atoms. The molecule has 0 spiro atoms. The maximum absolute atomic E-state index is 13.5. The van der Waals surface area contributed by atoms with Gasteiger partial charge in [-0.05, 0) is 52.9 Å². The summed E-state index contributed by atoms with van der Waals surface area (Å²) in [6, 6.07) is 10.7. The third-order valence-electron chi connectivity index (χ3n) is 3.54. The van der Waals surface area contributed by atoms with E-state index in [0.29, 0.717) is 11.1 Å². The molecule has 0 atom stereocenters. The van der Waals surface area contributed by atoms with Crippen LogP contribution >= 0.6 is 22.6 Å². The molecule has 1 N–H and O–H groups in total. The lowest BCUT2D eigenvalue weighted by Crippen LogP contribution is -2.31. The first-order valence-electron chi connectivity index (χ1n) is 6.74. The lowest BCUT2D eigenvalue weighted by Gasteiger charge is -2.11. The number of aliphatic hydroxyl groups is 1. The molecule has 0 aromatic heterocycles. The van der Waals surface area contributed by atoms with Crippen molar-refractivity contribution in [1.29, 1.82) is 0 Å².